The fourth-order valence-electron chi connectivity index (χ4n) is 5.50. The molecule has 2 aliphatic rings. The monoisotopic (exact) mass is 560 g/mol. The Labute approximate surface area is 241 Å². The lowest BCUT2D eigenvalue weighted by Gasteiger charge is -2.42. The number of hydrogen-bond acceptors (Lipinski definition) is 7. The van der Waals surface area contributed by atoms with Crippen LogP contribution in [0, 0.1) is 13.8 Å². The van der Waals surface area contributed by atoms with Gasteiger partial charge in [-0.25, -0.2) is 14.8 Å². The number of nitrogens with zero attached hydrogens (tertiary/aromatic N) is 6. The number of hydrogen-bond donors (Lipinski definition) is 2. The Morgan fingerprint density at radius 1 is 1.07 bits per heavy atom. The second-order valence-corrected chi connectivity index (χ2v) is 10.9. The number of rotatable bonds is 9. The molecule has 218 valence electrons. The Hall–Kier alpha value is -4.15. The first-order chi connectivity index (χ1) is 20.0. The van der Waals surface area contributed by atoms with E-state index in [-0.39, 0.29) is 30.4 Å². The van der Waals surface area contributed by atoms with Gasteiger partial charge < -0.3 is 25.2 Å². The number of nitrogens with one attached hydrogen (secondary N) is 2. The van der Waals surface area contributed by atoms with Crippen molar-refractivity contribution in [2.75, 3.05) is 37.7 Å². The van der Waals surface area contributed by atoms with Crippen molar-refractivity contribution in [1.82, 2.24) is 35.1 Å². The smallest absolute Gasteiger partial charge is 0.317 e. The van der Waals surface area contributed by atoms with Crippen LogP contribution in [0.2, 0.25) is 0 Å². The molecule has 1 saturated heterocycles. The number of piperazine rings is 1. The average molecular weight is 561 g/mol. The van der Waals surface area contributed by atoms with Gasteiger partial charge in [0.25, 0.3) is 0 Å². The first kappa shape index (κ1) is 28.4. The molecule has 2 N–H and O–H groups in total. The molecule has 11 heteroatoms. The van der Waals surface area contributed by atoms with Crippen LogP contribution in [0.4, 0.5) is 10.6 Å². The predicted molar refractivity (Wildman–Crippen MR) is 156 cm³/mol. The lowest BCUT2D eigenvalue weighted by molar-refractivity contribution is -0.121. The molecule has 3 amide bonds. The zero-order chi connectivity index (χ0) is 28.6. The summed E-state index contributed by atoms with van der Waals surface area (Å²) in [5, 5.41) is 6.22. The van der Waals surface area contributed by atoms with Gasteiger partial charge in [-0.05, 0) is 38.8 Å². The molecule has 1 atom stereocenters. The van der Waals surface area contributed by atoms with E-state index < -0.39 is 0 Å². The van der Waals surface area contributed by atoms with E-state index >= 15 is 0 Å². The first-order valence-electron chi connectivity index (χ1n) is 14.6. The van der Waals surface area contributed by atoms with E-state index in [1.807, 2.05) is 43.0 Å². The fraction of sp³-hybridized carbons (Fsp3) is 0.500. The molecule has 1 aliphatic carbocycles. The molecule has 1 aromatic carbocycles. The topological polar surface area (TPSA) is 118 Å². The highest BCUT2D eigenvalue weighted by Gasteiger charge is 2.33. The van der Waals surface area contributed by atoms with Gasteiger partial charge in [0, 0.05) is 56.3 Å². The number of benzene rings is 1. The number of carbonyl (C=O) groups excluding carboxylic acids is 2. The van der Waals surface area contributed by atoms with Gasteiger partial charge in [0.1, 0.15) is 24.5 Å². The van der Waals surface area contributed by atoms with Gasteiger partial charge in [0.05, 0.1) is 12.6 Å². The number of imidazole rings is 1. The summed E-state index contributed by atoms with van der Waals surface area (Å²) in [6.45, 7) is 6.30. The molecule has 1 unspecified atom stereocenters. The van der Waals surface area contributed by atoms with E-state index in [0.29, 0.717) is 38.7 Å². The first-order valence-corrected chi connectivity index (χ1v) is 14.6. The van der Waals surface area contributed by atoms with Crippen LogP contribution in [-0.4, -0.2) is 81.2 Å². The maximum atomic E-state index is 13.2. The molecule has 2 fully saturated rings. The van der Waals surface area contributed by atoms with E-state index in [2.05, 4.69) is 25.5 Å². The lowest BCUT2D eigenvalue weighted by Crippen LogP contribution is -2.59. The van der Waals surface area contributed by atoms with Crippen LogP contribution in [0.3, 0.4) is 0 Å². The highest BCUT2D eigenvalue weighted by Crippen LogP contribution is 2.25. The van der Waals surface area contributed by atoms with Gasteiger partial charge in [0.15, 0.2) is 0 Å². The third-order valence-electron chi connectivity index (χ3n) is 7.78. The van der Waals surface area contributed by atoms with Crippen LogP contribution < -0.4 is 20.3 Å². The summed E-state index contributed by atoms with van der Waals surface area (Å²) in [4.78, 5) is 43.8. The maximum Gasteiger partial charge on any atom is 0.317 e. The normalized spacial score (nSPS) is 17.8. The van der Waals surface area contributed by atoms with E-state index in [1.165, 1.54) is 12.0 Å². The van der Waals surface area contributed by atoms with E-state index in [9.17, 15) is 9.59 Å². The number of aromatic nitrogens is 4. The Morgan fingerprint density at radius 3 is 2.63 bits per heavy atom. The second kappa shape index (κ2) is 13.5. The van der Waals surface area contributed by atoms with Crippen LogP contribution in [0.5, 0.6) is 5.75 Å². The molecule has 3 aromatic rings. The lowest BCUT2D eigenvalue weighted by atomic mass is 9.96. The third kappa shape index (κ3) is 7.53. The molecule has 1 aliphatic heterocycles. The Balaban J connectivity index is 1.26. The van der Waals surface area contributed by atoms with Crippen LogP contribution in [0.15, 0.2) is 49.2 Å². The van der Waals surface area contributed by atoms with E-state index in [1.54, 1.807) is 29.5 Å². The quantitative estimate of drug-likeness (QED) is 0.385. The minimum Gasteiger partial charge on any atom is -0.492 e. The van der Waals surface area contributed by atoms with E-state index in [4.69, 9.17) is 9.72 Å². The minimum atomic E-state index is -0.247. The number of amides is 3. The fourth-order valence-corrected chi connectivity index (χ4v) is 5.50. The Morgan fingerprint density at radius 2 is 1.88 bits per heavy atom. The molecule has 0 spiro atoms. The Kier molecular flexibility index (Phi) is 9.33. The summed E-state index contributed by atoms with van der Waals surface area (Å²) in [6, 6.07) is 7.77. The molecule has 41 heavy (non-hydrogen) atoms. The molecule has 11 nitrogen and oxygen atoms in total. The molecule has 3 heterocycles. The SMILES string of the molecule is Cc1ccc(OCCNC(=O)CC2CN(C(=O)NC3CCCCC3)CCN2c2nc(-n3ccnc3)ncc2C)cc1. The van der Waals surface area contributed by atoms with Crippen molar-refractivity contribution in [3.63, 3.8) is 0 Å². The molecule has 0 bridgehead atoms. The van der Waals surface area contributed by atoms with Crippen molar-refractivity contribution in [2.24, 2.45) is 0 Å². The maximum absolute atomic E-state index is 13.2. The Bertz CT molecular complexity index is 1290. The zero-order valence-electron chi connectivity index (χ0n) is 24.0. The van der Waals surface area contributed by atoms with Crippen molar-refractivity contribution in [2.45, 2.75) is 64.5 Å². The highest BCUT2D eigenvalue weighted by atomic mass is 16.5. The van der Waals surface area contributed by atoms with Crippen molar-refractivity contribution < 1.29 is 14.3 Å². The number of urea groups is 1. The zero-order valence-corrected chi connectivity index (χ0v) is 24.0. The molecular weight excluding hydrogens is 520 g/mol. The summed E-state index contributed by atoms with van der Waals surface area (Å²) in [7, 11) is 0. The van der Waals surface area contributed by atoms with Gasteiger partial charge in [-0.15, -0.1) is 0 Å². The largest absolute Gasteiger partial charge is 0.492 e. The summed E-state index contributed by atoms with van der Waals surface area (Å²) in [5.74, 6) is 1.95. The van der Waals surface area contributed by atoms with Crippen LogP contribution in [0.1, 0.15) is 49.7 Å². The molecule has 5 rings (SSSR count). The van der Waals surface area contributed by atoms with Gasteiger partial charge in [-0.3, -0.25) is 9.36 Å². The number of anilines is 1. The van der Waals surface area contributed by atoms with Crippen molar-refractivity contribution in [3.8, 4) is 11.7 Å². The van der Waals surface area contributed by atoms with Crippen LogP contribution >= 0.6 is 0 Å². The summed E-state index contributed by atoms with van der Waals surface area (Å²) in [6.07, 6.45) is 12.7. The number of ether oxygens (including phenoxy) is 1. The summed E-state index contributed by atoms with van der Waals surface area (Å²) in [5.41, 5.74) is 2.08. The van der Waals surface area contributed by atoms with Crippen LogP contribution in [0.25, 0.3) is 5.95 Å². The number of carbonyl (C=O) groups is 2. The highest BCUT2D eigenvalue weighted by molar-refractivity contribution is 5.78. The van der Waals surface area contributed by atoms with E-state index in [0.717, 1.165) is 42.8 Å². The minimum absolute atomic E-state index is 0.0491. The average Bonchev–Trinajstić information content (AvgIpc) is 3.52. The van der Waals surface area contributed by atoms with Crippen molar-refractivity contribution in [3.05, 3.63) is 60.3 Å². The molecule has 2 aromatic heterocycles. The summed E-state index contributed by atoms with van der Waals surface area (Å²) >= 11 is 0. The predicted octanol–water partition coefficient (Wildman–Crippen LogP) is 3.40. The van der Waals surface area contributed by atoms with Gasteiger partial charge in [0.2, 0.25) is 11.9 Å². The molecular formula is C30H40N8O3. The third-order valence-corrected chi connectivity index (χ3v) is 7.78. The van der Waals surface area contributed by atoms with Gasteiger partial charge in [-0.1, -0.05) is 37.0 Å². The summed E-state index contributed by atoms with van der Waals surface area (Å²) < 4.78 is 7.52. The number of aryl methyl sites for hydroxylation is 2. The van der Waals surface area contributed by atoms with Gasteiger partial charge >= 0.3 is 6.03 Å². The standard InChI is InChI=1S/C30H40N8O3/c1-22-8-10-26(11-9-22)41-17-13-32-27(39)18-25-20-36(30(40)34-24-6-4-3-5-7-24)15-16-38(25)28-23(2)19-33-29(35-28)37-14-12-31-21-37/h8-12,14,19,21,24-25H,3-7,13,15-18,20H2,1-2H3,(H,32,39)(H,34,40). The van der Waals surface area contributed by atoms with Crippen molar-refractivity contribution in [1.29, 1.82) is 0 Å². The van der Waals surface area contributed by atoms with Gasteiger partial charge in [-0.2, -0.15) is 4.98 Å². The molecule has 1 saturated carbocycles. The van der Waals surface area contributed by atoms with Crippen molar-refractivity contribution >= 4 is 17.8 Å². The second-order valence-electron chi connectivity index (χ2n) is 10.9. The van der Waals surface area contributed by atoms with Crippen LogP contribution in [-0.2, 0) is 4.79 Å². The molecule has 0 radical (unpaired) electrons.